The zero-order valence-electron chi connectivity index (χ0n) is 21.6. The molecule has 0 bridgehead atoms. The first kappa shape index (κ1) is 26.6. The fourth-order valence-corrected chi connectivity index (χ4v) is 5.13. The molecule has 2 aliphatic rings. The van der Waals surface area contributed by atoms with Crippen molar-refractivity contribution < 1.29 is 4.79 Å². The minimum Gasteiger partial charge on any atom is -0.340 e. The Balaban J connectivity index is 1.48. The molecule has 6 nitrogen and oxygen atoms in total. The second-order valence-electron chi connectivity index (χ2n) is 9.98. The van der Waals surface area contributed by atoms with Crippen molar-refractivity contribution in [2.75, 3.05) is 46.3 Å². The molecule has 1 amide bonds. The molecule has 0 radical (unpaired) electrons. The van der Waals surface area contributed by atoms with Crippen LogP contribution in [0.1, 0.15) is 63.5 Å². The standard InChI is InChI=1S/C28H45N5O/c1-4-26(27-10-8-9-25(19-27)22-31(3)28(34)20-29)21-30-23(2)33-17-12-24(13-18-33)11-16-32-14-6-5-7-15-32/h4,8-10,19,21,23-24H,5-7,11-18,20,22,29H2,1-3H3/b26-4+,30-21-. The van der Waals surface area contributed by atoms with Gasteiger partial charge in [-0.2, -0.15) is 0 Å². The highest BCUT2D eigenvalue weighted by atomic mass is 16.2. The predicted molar refractivity (Wildman–Crippen MR) is 143 cm³/mol. The molecular weight excluding hydrogens is 422 g/mol. The van der Waals surface area contributed by atoms with Gasteiger partial charge in [0.2, 0.25) is 5.91 Å². The lowest BCUT2D eigenvalue weighted by atomic mass is 9.93. The van der Waals surface area contributed by atoms with Crippen molar-refractivity contribution in [3.05, 3.63) is 41.5 Å². The predicted octanol–water partition coefficient (Wildman–Crippen LogP) is 4.01. The van der Waals surface area contributed by atoms with E-state index < -0.39 is 0 Å². The molecule has 2 heterocycles. The van der Waals surface area contributed by atoms with Gasteiger partial charge >= 0.3 is 0 Å². The highest BCUT2D eigenvalue weighted by molar-refractivity contribution is 6.09. The molecule has 188 valence electrons. The van der Waals surface area contributed by atoms with Crippen molar-refractivity contribution in [3.63, 3.8) is 0 Å². The first-order chi connectivity index (χ1) is 16.5. The van der Waals surface area contributed by atoms with Gasteiger partial charge in [-0.15, -0.1) is 0 Å². The number of nitrogens with zero attached hydrogens (tertiary/aromatic N) is 4. The molecule has 1 aromatic rings. The first-order valence-electron chi connectivity index (χ1n) is 13.2. The fourth-order valence-electron chi connectivity index (χ4n) is 5.13. The number of allylic oxidation sites excluding steroid dienone is 2. The van der Waals surface area contributed by atoms with Gasteiger partial charge in [0.15, 0.2) is 0 Å². The SMILES string of the molecule is C/C=C(\C=N/C(C)N1CCC(CCN2CCCCC2)CC1)c1cccc(CN(C)C(=O)CN)c1. The lowest BCUT2D eigenvalue weighted by Crippen LogP contribution is -2.40. The Bertz CT molecular complexity index is 822. The van der Waals surface area contributed by atoms with E-state index in [4.69, 9.17) is 10.7 Å². The van der Waals surface area contributed by atoms with Gasteiger partial charge in [0, 0.05) is 32.9 Å². The molecule has 0 aliphatic carbocycles. The van der Waals surface area contributed by atoms with Gasteiger partial charge in [-0.05, 0) is 94.3 Å². The number of piperidine rings is 2. The third-order valence-electron chi connectivity index (χ3n) is 7.50. The van der Waals surface area contributed by atoms with Crippen LogP contribution in [-0.4, -0.2) is 79.3 Å². The van der Waals surface area contributed by atoms with Crippen LogP contribution in [0.5, 0.6) is 0 Å². The van der Waals surface area contributed by atoms with Crippen molar-refractivity contribution in [2.24, 2.45) is 16.6 Å². The Morgan fingerprint density at radius 1 is 1.21 bits per heavy atom. The molecule has 0 aromatic heterocycles. The van der Waals surface area contributed by atoms with Crippen molar-refractivity contribution >= 4 is 17.7 Å². The topological polar surface area (TPSA) is 65.2 Å². The van der Waals surface area contributed by atoms with E-state index in [-0.39, 0.29) is 18.6 Å². The van der Waals surface area contributed by atoms with E-state index >= 15 is 0 Å². The molecular formula is C28H45N5O. The van der Waals surface area contributed by atoms with Crippen LogP contribution in [0.15, 0.2) is 35.3 Å². The summed E-state index contributed by atoms with van der Waals surface area (Å²) in [6, 6.07) is 8.33. The quantitative estimate of drug-likeness (QED) is 0.528. The summed E-state index contributed by atoms with van der Waals surface area (Å²) in [7, 11) is 1.79. The Morgan fingerprint density at radius 3 is 2.62 bits per heavy atom. The van der Waals surface area contributed by atoms with Crippen molar-refractivity contribution in [2.45, 2.75) is 65.1 Å². The largest absolute Gasteiger partial charge is 0.340 e. The third-order valence-corrected chi connectivity index (χ3v) is 7.50. The van der Waals surface area contributed by atoms with Gasteiger partial charge in [-0.3, -0.25) is 14.7 Å². The molecule has 0 spiro atoms. The van der Waals surface area contributed by atoms with Gasteiger partial charge in [0.1, 0.15) is 0 Å². The summed E-state index contributed by atoms with van der Waals surface area (Å²) in [4.78, 5) is 23.6. The highest BCUT2D eigenvalue weighted by Crippen LogP contribution is 2.24. The van der Waals surface area contributed by atoms with Crippen molar-refractivity contribution in [3.8, 4) is 0 Å². The average molecular weight is 468 g/mol. The van der Waals surface area contributed by atoms with E-state index in [1.807, 2.05) is 18.3 Å². The van der Waals surface area contributed by atoms with E-state index in [1.165, 1.54) is 58.2 Å². The van der Waals surface area contributed by atoms with Crippen LogP contribution in [0, 0.1) is 5.92 Å². The Kier molecular flexibility index (Phi) is 10.8. The maximum Gasteiger partial charge on any atom is 0.236 e. The minimum atomic E-state index is -0.0534. The summed E-state index contributed by atoms with van der Waals surface area (Å²) in [5.41, 5.74) is 8.81. The van der Waals surface area contributed by atoms with Gasteiger partial charge in [0.05, 0.1) is 12.7 Å². The Labute approximate surface area is 206 Å². The summed E-state index contributed by atoms with van der Waals surface area (Å²) in [6.07, 6.45) is 12.4. The van der Waals surface area contributed by atoms with E-state index in [0.29, 0.717) is 6.54 Å². The molecule has 1 unspecified atom stereocenters. The van der Waals surface area contributed by atoms with Crippen LogP contribution >= 0.6 is 0 Å². The molecule has 3 rings (SSSR count). The molecule has 2 aliphatic heterocycles. The number of nitrogens with two attached hydrogens (primary N) is 1. The fraction of sp³-hybridized carbons (Fsp3) is 0.643. The molecule has 2 fully saturated rings. The van der Waals surface area contributed by atoms with Crippen LogP contribution in [0.25, 0.3) is 5.57 Å². The summed E-state index contributed by atoms with van der Waals surface area (Å²) in [6.45, 7) is 11.1. The third kappa shape index (κ3) is 8.03. The number of benzene rings is 1. The van der Waals surface area contributed by atoms with Crippen LogP contribution in [0.2, 0.25) is 0 Å². The molecule has 1 atom stereocenters. The molecule has 1 aromatic carbocycles. The number of hydrogen-bond acceptors (Lipinski definition) is 5. The highest BCUT2D eigenvalue weighted by Gasteiger charge is 2.23. The summed E-state index contributed by atoms with van der Waals surface area (Å²) < 4.78 is 0. The maximum atomic E-state index is 11.8. The number of amides is 1. The monoisotopic (exact) mass is 467 g/mol. The van der Waals surface area contributed by atoms with Gasteiger partial charge in [-0.1, -0.05) is 30.7 Å². The van der Waals surface area contributed by atoms with Gasteiger partial charge in [-0.25, -0.2) is 0 Å². The maximum absolute atomic E-state index is 11.8. The van der Waals surface area contributed by atoms with E-state index in [2.05, 4.69) is 41.9 Å². The molecule has 0 saturated carbocycles. The lowest BCUT2D eigenvalue weighted by molar-refractivity contribution is -0.128. The van der Waals surface area contributed by atoms with Crippen LogP contribution in [-0.2, 0) is 11.3 Å². The first-order valence-corrected chi connectivity index (χ1v) is 13.2. The summed E-state index contributed by atoms with van der Waals surface area (Å²) in [5, 5.41) is 0. The number of likely N-dealkylation sites (tertiary alicyclic amines) is 2. The summed E-state index contributed by atoms with van der Waals surface area (Å²) in [5.74, 6) is 0.815. The number of hydrogen-bond donors (Lipinski definition) is 1. The van der Waals surface area contributed by atoms with Crippen molar-refractivity contribution in [1.29, 1.82) is 0 Å². The molecule has 6 heteroatoms. The number of carbonyl (C=O) groups excluding carboxylic acids is 1. The van der Waals surface area contributed by atoms with E-state index in [9.17, 15) is 4.79 Å². The molecule has 2 saturated heterocycles. The zero-order chi connectivity index (χ0) is 24.3. The smallest absolute Gasteiger partial charge is 0.236 e. The average Bonchev–Trinajstić information content (AvgIpc) is 2.88. The number of aliphatic imine (C=N–C) groups is 1. The number of rotatable bonds is 10. The minimum absolute atomic E-state index is 0.0382. The van der Waals surface area contributed by atoms with Gasteiger partial charge < -0.3 is 15.5 Å². The normalized spacial score (nSPS) is 20.1. The zero-order valence-corrected chi connectivity index (χ0v) is 21.6. The second-order valence-corrected chi connectivity index (χ2v) is 9.98. The summed E-state index contributed by atoms with van der Waals surface area (Å²) >= 11 is 0. The second kappa shape index (κ2) is 13.8. The molecule has 34 heavy (non-hydrogen) atoms. The Morgan fingerprint density at radius 2 is 1.94 bits per heavy atom. The van der Waals surface area contributed by atoms with E-state index in [0.717, 1.165) is 35.7 Å². The lowest BCUT2D eigenvalue weighted by Gasteiger charge is -2.35. The Hall–Kier alpha value is -2.02. The van der Waals surface area contributed by atoms with Crippen LogP contribution in [0.3, 0.4) is 0 Å². The molecule has 2 N–H and O–H groups in total. The number of carbonyl (C=O) groups is 1. The van der Waals surface area contributed by atoms with Crippen molar-refractivity contribution in [1.82, 2.24) is 14.7 Å². The van der Waals surface area contributed by atoms with Gasteiger partial charge in [0.25, 0.3) is 0 Å². The number of likely N-dealkylation sites (N-methyl/N-ethyl adjacent to an activating group) is 1. The van der Waals surface area contributed by atoms with E-state index in [1.54, 1.807) is 11.9 Å². The van der Waals surface area contributed by atoms with Crippen LogP contribution in [0.4, 0.5) is 0 Å². The van der Waals surface area contributed by atoms with Crippen LogP contribution < -0.4 is 5.73 Å².